The first kappa shape index (κ1) is 20.3. The van der Waals surface area contributed by atoms with Crippen molar-refractivity contribution in [1.29, 1.82) is 0 Å². The fourth-order valence-electron chi connectivity index (χ4n) is 2.36. The Balaban J connectivity index is 0.000000671. The van der Waals surface area contributed by atoms with Gasteiger partial charge in [-0.2, -0.15) is 0 Å². The number of nitrogens with one attached hydrogen (secondary N) is 1. The minimum atomic E-state index is 0.281. The van der Waals surface area contributed by atoms with Gasteiger partial charge in [-0.25, -0.2) is 0 Å². The fraction of sp³-hybridized carbons (Fsp3) is 0.381. The molecule has 1 N–H and O–H groups in total. The van der Waals surface area contributed by atoms with Crippen LogP contribution in [0, 0.1) is 0 Å². The first-order valence-corrected chi connectivity index (χ1v) is 9.93. The third-order valence-electron chi connectivity index (χ3n) is 3.37. The Morgan fingerprint density at radius 3 is 2.04 bits per heavy atom. The van der Waals surface area contributed by atoms with E-state index in [9.17, 15) is 0 Å². The van der Waals surface area contributed by atoms with Crippen molar-refractivity contribution in [2.45, 2.75) is 40.2 Å². The number of hydrogen-bond donors (Lipinski definition) is 1. The molecule has 3 heteroatoms. The van der Waals surface area contributed by atoms with Crippen molar-refractivity contribution >= 4 is 16.9 Å². The van der Waals surface area contributed by atoms with E-state index in [-0.39, 0.29) is 6.04 Å². The topological polar surface area (TPSA) is 24.4 Å². The molecule has 0 aliphatic carbocycles. The number of benzene rings is 2. The highest BCUT2D eigenvalue weighted by Crippen LogP contribution is 2.21. The lowest BCUT2D eigenvalue weighted by atomic mass is 9.99. The van der Waals surface area contributed by atoms with Gasteiger partial charge in [0.25, 0.3) is 0 Å². The van der Waals surface area contributed by atoms with E-state index in [4.69, 9.17) is 0 Å². The van der Waals surface area contributed by atoms with Crippen molar-refractivity contribution in [3.8, 4) is 0 Å². The summed E-state index contributed by atoms with van der Waals surface area (Å²) in [6, 6.07) is 21.5. The molecule has 1 atom stereocenters. The number of nitrogens with zero attached hydrogens (tertiary/aromatic N) is 1. The van der Waals surface area contributed by atoms with Gasteiger partial charge in [0.1, 0.15) is 0 Å². The Hall–Kier alpha value is -1.74. The average molecular weight is 343 g/mol. The van der Waals surface area contributed by atoms with Crippen LogP contribution in [0.1, 0.15) is 44.9 Å². The average Bonchev–Trinajstić information content (AvgIpc) is 3.19. The largest absolute Gasteiger partial charge is 0.358 e. The van der Waals surface area contributed by atoms with Crippen LogP contribution < -0.4 is 5.32 Å². The molecule has 2 nitrogen and oxygen atoms in total. The molecule has 2 aromatic rings. The molecule has 0 radical (unpaired) electrons. The summed E-state index contributed by atoms with van der Waals surface area (Å²) in [7, 11) is 0. The van der Waals surface area contributed by atoms with Crippen molar-refractivity contribution in [3.63, 3.8) is 0 Å². The third kappa shape index (κ3) is 6.79. The van der Waals surface area contributed by atoms with Crippen molar-refractivity contribution in [2.75, 3.05) is 12.3 Å². The molecule has 1 aliphatic heterocycles. The lowest BCUT2D eigenvalue weighted by Crippen LogP contribution is -2.27. The predicted molar refractivity (Wildman–Crippen MR) is 110 cm³/mol. The Bertz CT molecular complexity index is 567. The molecule has 1 aliphatic rings. The molecule has 1 heterocycles. The van der Waals surface area contributed by atoms with Gasteiger partial charge in [-0.1, -0.05) is 100 Å². The molecule has 0 saturated heterocycles. The van der Waals surface area contributed by atoms with Crippen LogP contribution in [0.15, 0.2) is 65.7 Å². The third-order valence-corrected chi connectivity index (χ3v) is 4.27. The SMILES string of the molecule is CC.CC.c1ccc(CC(NC2=NCCS2)c2ccccc2)cc1. The molecule has 24 heavy (non-hydrogen) atoms. The van der Waals surface area contributed by atoms with Crippen LogP contribution in [-0.2, 0) is 6.42 Å². The lowest BCUT2D eigenvalue weighted by molar-refractivity contribution is 0.648. The maximum atomic E-state index is 4.51. The highest BCUT2D eigenvalue weighted by molar-refractivity contribution is 8.14. The molecule has 2 aromatic carbocycles. The number of rotatable bonds is 4. The van der Waals surface area contributed by atoms with E-state index in [2.05, 4.69) is 71.0 Å². The first-order valence-electron chi connectivity index (χ1n) is 8.94. The van der Waals surface area contributed by atoms with Crippen molar-refractivity contribution in [3.05, 3.63) is 71.8 Å². The zero-order chi connectivity index (χ0) is 17.6. The van der Waals surface area contributed by atoms with E-state index in [0.29, 0.717) is 0 Å². The maximum Gasteiger partial charge on any atom is 0.157 e. The quantitative estimate of drug-likeness (QED) is 0.769. The monoisotopic (exact) mass is 342 g/mol. The van der Waals surface area contributed by atoms with Gasteiger partial charge in [-0.15, -0.1) is 0 Å². The lowest BCUT2D eigenvalue weighted by Gasteiger charge is -2.20. The molecular weight excluding hydrogens is 312 g/mol. The fourth-order valence-corrected chi connectivity index (χ4v) is 3.14. The van der Waals surface area contributed by atoms with E-state index in [0.717, 1.165) is 23.9 Å². The van der Waals surface area contributed by atoms with E-state index in [1.54, 1.807) is 0 Å². The molecule has 0 spiro atoms. The summed E-state index contributed by atoms with van der Waals surface area (Å²) >= 11 is 1.81. The van der Waals surface area contributed by atoms with Crippen LogP contribution in [0.2, 0.25) is 0 Å². The van der Waals surface area contributed by atoms with Gasteiger partial charge >= 0.3 is 0 Å². The number of thioether (sulfide) groups is 1. The Kier molecular flexibility index (Phi) is 10.7. The highest BCUT2D eigenvalue weighted by Gasteiger charge is 2.16. The van der Waals surface area contributed by atoms with Crippen LogP contribution in [-0.4, -0.2) is 17.5 Å². The normalized spacial score (nSPS) is 13.6. The first-order chi connectivity index (χ1) is 11.9. The number of amidine groups is 1. The Morgan fingerprint density at radius 2 is 1.50 bits per heavy atom. The molecule has 0 amide bonds. The number of aliphatic imine (C=N–C) groups is 1. The van der Waals surface area contributed by atoms with Crippen molar-refractivity contribution < 1.29 is 0 Å². The van der Waals surface area contributed by atoms with Crippen molar-refractivity contribution in [2.24, 2.45) is 4.99 Å². The summed E-state index contributed by atoms with van der Waals surface area (Å²) in [5.74, 6) is 1.09. The summed E-state index contributed by atoms with van der Waals surface area (Å²) in [5.41, 5.74) is 2.66. The molecule has 3 rings (SSSR count). The van der Waals surface area contributed by atoms with Crippen molar-refractivity contribution in [1.82, 2.24) is 5.32 Å². The van der Waals surface area contributed by atoms with Gasteiger partial charge < -0.3 is 5.32 Å². The van der Waals surface area contributed by atoms with Gasteiger partial charge in [-0.3, -0.25) is 4.99 Å². The van der Waals surface area contributed by atoms with E-state index < -0.39 is 0 Å². The molecule has 0 aromatic heterocycles. The Labute approximate surface area is 151 Å². The number of hydrogen-bond acceptors (Lipinski definition) is 3. The second-order valence-electron chi connectivity index (χ2n) is 4.83. The van der Waals surface area contributed by atoms with Crippen LogP contribution in [0.25, 0.3) is 0 Å². The minimum Gasteiger partial charge on any atom is -0.358 e. The van der Waals surface area contributed by atoms with Gasteiger partial charge in [0.05, 0.1) is 12.6 Å². The summed E-state index contributed by atoms with van der Waals surface area (Å²) < 4.78 is 0. The Morgan fingerprint density at radius 1 is 0.917 bits per heavy atom. The van der Waals surface area contributed by atoms with Crippen LogP contribution in [0.4, 0.5) is 0 Å². The minimum absolute atomic E-state index is 0.281. The van der Waals surface area contributed by atoms with E-state index in [1.165, 1.54) is 11.1 Å². The molecule has 0 saturated carbocycles. The second-order valence-corrected chi connectivity index (χ2v) is 5.92. The molecular formula is C21H30N2S. The van der Waals surface area contributed by atoms with Gasteiger partial charge in [0, 0.05) is 5.75 Å². The summed E-state index contributed by atoms with van der Waals surface area (Å²) in [5, 5.41) is 4.67. The maximum absolute atomic E-state index is 4.51. The van der Waals surface area contributed by atoms with Gasteiger partial charge in [0.2, 0.25) is 0 Å². The van der Waals surface area contributed by atoms with Crippen LogP contribution in [0.3, 0.4) is 0 Å². The van der Waals surface area contributed by atoms with E-state index >= 15 is 0 Å². The predicted octanol–water partition coefficient (Wildman–Crippen LogP) is 5.72. The zero-order valence-electron chi connectivity index (χ0n) is 15.3. The van der Waals surface area contributed by atoms with Crippen LogP contribution >= 0.6 is 11.8 Å². The zero-order valence-corrected chi connectivity index (χ0v) is 16.1. The van der Waals surface area contributed by atoms with Gasteiger partial charge in [0.15, 0.2) is 5.17 Å². The van der Waals surface area contributed by atoms with E-state index in [1.807, 2.05) is 39.5 Å². The van der Waals surface area contributed by atoms with Crippen LogP contribution in [0.5, 0.6) is 0 Å². The highest BCUT2D eigenvalue weighted by atomic mass is 32.2. The summed E-state index contributed by atoms with van der Waals surface area (Å²) in [6.45, 7) is 8.93. The molecule has 1 unspecified atom stereocenters. The summed E-state index contributed by atoms with van der Waals surface area (Å²) in [6.07, 6.45) is 0.977. The summed E-state index contributed by atoms with van der Waals surface area (Å²) in [4.78, 5) is 4.51. The molecule has 0 bridgehead atoms. The second kappa shape index (κ2) is 12.7. The molecule has 130 valence electrons. The van der Waals surface area contributed by atoms with Gasteiger partial charge in [-0.05, 0) is 17.5 Å². The molecule has 0 fully saturated rings. The standard InChI is InChI=1S/C17H18N2S.2C2H6/c1-3-7-14(8-4-1)13-16(15-9-5-2-6-10-15)19-17-18-11-12-20-17;2*1-2/h1-10,16H,11-13H2,(H,18,19);2*1-2H3. The smallest absolute Gasteiger partial charge is 0.157 e.